The van der Waals surface area contributed by atoms with Crippen molar-refractivity contribution < 1.29 is 4.79 Å². The van der Waals surface area contributed by atoms with Crippen LogP contribution in [-0.2, 0) is 4.79 Å². The summed E-state index contributed by atoms with van der Waals surface area (Å²) in [6.07, 6.45) is 0.516. The van der Waals surface area contributed by atoms with Crippen molar-refractivity contribution in [1.29, 1.82) is 0 Å². The van der Waals surface area contributed by atoms with Crippen molar-refractivity contribution in [3.8, 4) is 0 Å². The minimum Gasteiger partial charge on any atom is -0.325 e. The van der Waals surface area contributed by atoms with E-state index in [0.29, 0.717) is 12.1 Å². The first-order chi connectivity index (χ1) is 10.5. The average Bonchev–Trinajstić information content (AvgIpc) is 2.46. The average molecular weight is 320 g/mol. The Morgan fingerprint density at radius 2 is 2.18 bits per heavy atom. The molecule has 1 amide bonds. The molecule has 0 spiro atoms. The zero-order chi connectivity index (χ0) is 16.1. The molecule has 0 saturated heterocycles. The number of amides is 1. The predicted molar refractivity (Wildman–Crippen MR) is 85.2 cm³/mol. The number of nitrogens with zero attached hydrogens (tertiary/aromatic N) is 1. The Kier molecular flexibility index (Phi) is 5.16. The maximum absolute atomic E-state index is 12.3. The Labute approximate surface area is 130 Å². The number of aromatic amines is 2. The van der Waals surface area contributed by atoms with Crippen LogP contribution in [0.3, 0.4) is 0 Å². The number of nitrogens with one attached hydrogen (secondary N) is 3. The van der Waals surface area contributed by atoms with Crippen LogP contribution in [0.5, 0.6) is 0 Å². The number of hydrogen-bond acceptors (Lipinski definition) is 5. The molecule has 7 nitrogen and oxygen atoms in total. The molecule has 1 unspecified atom stereocenters. The summed E-state index contributed by atoms with van der Waals surface area (Å²) >= 11 is 1.02. The topological polar surface area (TPSA) is 108 Å². The highest BCUT2D eigenvalue weighted by Crippen LogP contribution is 2.22. The molecule has 22 heavy (non-hydrogen) atoms. The van der Waals surface area contributed by atoms with Crippen molar-refractivity contribution in [3.05, 3.63) is 50.7 Å². The molecule has 2 aromatic rings. The minimum absolute atomic E-state index is 0.0610. The van der Waals surface area contributed by atoms with Gasteiger partial charge >= 0.3 is 5.69 Å². The first-order valence-corrected chi connectivity index (χ1v) is 7.60. The van der Waals surface area contributed by atoms with Gasteiger partial charge in [-0.25, -0.2) is 9.89 Å². The summed E-state index contributed by atoms with van der Waals surface area (Å²) < 4.78 is 0. The molecule has 3 N–H and O–H groups in total. The van der Waals surface area contributed by atoms with Gasteiger partial charge in [-0.05, 0) is 31.0 Å². The molecule has 0 aliphatic carbocycles. The van der Waals surface area contributed by atoms with E-state index >= 15 is 0 Å². The van der Waals surface area contributed by atoms with Crippen LogP contribution in [0, 0.1) is 6.92 Å². The Morgan fingerprint density at radius 3 is 2.82 bits per heavy atom. The molecule has 0 aliphatic rings. The summed E-state index contributed by atoms with van der Waals surface area (Å²) in [4.78, 5) is 36.9. The van der Waals surface area contributed by atoms with E-state index in [4.69, 9.17) is 0 Å². The van der Waals surface area contributed by atoms with E-state index in [0.717, 1.165) is 17.3 Å². The summed E-state index contributed by atoms with van der Waals surface area (Å²) in [5.41, 5.74) is 0.465. The SMILES string of the molecule is CCC(Sc1n[nH]c(=O)[nH]c1=O)C(=O)Nc1cccc(C)c1. The first-order valence-electron chi connectivity index (χ1n) is 6.72. The highest BCUT2D eigenvalue weighted by molar-refractivity contribution is 8.00. The summed E-state index contributed by atoms with van der Waals surface area (Å²) in [5, 5.41) is 8.21. The Balaban J connectivity index is 2.12. The zero-order valence-corrected chi connectivity index (χ0v) is 13.0. The quantitative estimate of drug-likeness (QED) is 0.719. The van der Waals surface area contributed by atoms with E-state index in [1.807, 2.05) is 32.0 Å². The fourth-order valence-electron chi connectivity index (χ4n) is 1.82. The molecule has 8 heteroatoms. The highest BCUT2D eigenvalue weighted by atomic mass is 32.2. The van der Waals surface area contributed by atoms with Gasteiger partial charge in [-0.2, -0.15) is 5.10 Å². The van der Waals surface area contributed by atoms with Crippen molar-refractivity contribution in [1.82, 2.24) is 15.2 Å². The first kappa shape index (κ1) is 16.0. The van der Waals surface area contributed by atoms with Gasteiger partial charge in [-0.1, -0.05) is 30.8 Å². The van der Waals surface area contributed by atoms with Gasteiger partial charge in [-0.3, -0.25) is 14.6 Å². The molecule has 0 aliphatic heterocycles. The molecule has 1 heterocycles. The number of thioether (sulfide) groups is 1. The molecule has 0 radical (unpaired) electrons. The lowest BCUT2D eigenvalue weighted by molar-refractivity contribution is -0.115. The normalized spacial score (nSPS) is 11.9. The standard InChI is InChI=1S/C14H16N4O3S/c1-3-10(22-13-12(20)16-14(21)18-17-13)11(19)15-9-6-4-5-8(2)7-9/h4-7,10H,3H2,1-2H3,(H,15,19)(H2,16,18,20,21). The number of benzene rings is 1. The largest absolute Gasteiger partial charge is 0.342 e. The van der Waals surface area contributed by atoms with E-state index in [1.54, 1.807) is 6.07 Å². The van der Waals surface area contributed by atoms with Crippen LogP contribution < -0.4 is 16.6 Å². The van der Waals surface area contributed by atoms with Crippen LogP contribution in [0.2, 0.25) is 0 Å². The summed E-state index contributed by atoms with van der Waals surface area (Å²) in [5.74, 6) is -0.217. The van der Waals surface area contributed by atoms with Crippen LogP contribution in [0.25, 0.3) is 0 Å². The third kappa shape index (κ3) is 4.08. The van der Waals surface area contributed by atoms with Crippen molar-refractivity contribution in [2.75, 3.05) is 5.32 Å². The summed E-state index contributed by atoms with van der Waals surface area (Å²) in [6.45, 7) is 3.78. The Hall–Kier alpha value is -2.35. The minimum atomic E-state index is -0.674. The molecule has 2 rings (SSSR count). The van der Waals surface area contributed by atoms with Gasteiger partial charge in [0.25, 0.3) is 5.56 Å². The molecular weight excluding hydrogens is 304 g/mol. The van der Waals surface area contributed by atoms with E-state index in [9.17, 15) is 14.4 Å². The third-order valence-corrected chi connectivity index (χ3v) is 4.21. The van der Waals surface area contributed by atoms with Crippen LogP contribution in [-0.4, -0.2) is 26.3 Å². The number of aryl methyl sites for hydroxylation is 1. The lowest BCUT2D eigenvalue weighted by atomic mass is 10.2. The number of anilines is 1. The number of H-pyrrole nitrogens is 2. The summed E-state index contributed by atoms with van der Waals surface area (Å²) in [6, 6.07) is 7.45. The molecule has 1 aromatic carbocycles. The fourth-order valence-corrected chi connectivity index (χ4v) is 2.68. The fraction of sp³-hybridized carbons (Fsp3) is 0.286. The molecule has 0 bridgehead atoms. The van der Waals surface area contributed by atoms with E-state index in [1.165, 1.54) is 0 Å². The van der Waals surface area contributed by atoms with Gasteiger partial charge in [0.1, 0.15) is 0 Å². The highest BCUT2D eigenvalue weighted by Gasteiger charge is 2.20. The van der Waals surface area contributed by atoms with Crippen molar-refractivity contribution in [2.24, 2.45) is 0 Å². The second-order valence-corrected chi connectivity index (χ2v) is 5.88. The molecular formula is C14H16N4O3S. The van der Waals surface area contributed by atoms with Crippen LogP contribution in [0.4, 0.5) is 5.69 Å². The Morgan fingerprint density at radius 1 is 1.41 bits per heavy atom. The monoisotopic (exact) mass is 320 g/mol. The van der Waals surface area contributed by atoms with Gasteiger partial charge in [0.05, 0.1) is 5.25 Å². The Bertz CT molecular complexity index is 784. The van der Waals surface area contributed by atoms with Gasteiger partial charge in [-0.15, -0.1) is 0 Å². The smallest absolute Gasteiger partial charge is 0.325 e. The summed E-state index contributed by atoms with van der Waals surface area (Å²) in [7, 11) is 0. The van der Waals surface area contributed by atoms with Crippen molar-refractivity contribution in [3.63, 3.8) is 0 Å². The third-order valence-electron chi connectivity index (χ3n) is 2.88. The molecule has 1 aromatic heterocycles. The van der Waals surface area contributed by atoms with Crippen molar-refractivity contribution >= 4 is 23.4 Å². The zero-order valence-electron chi connectivity index (χ0n) is 12.2. The lowest BCUT2D eigenvalue weighted by Crippen LogP contribution is -2.29. The van der Waals surface area contributed by atoms with E-state index < -0.39 is 16.5 Å². The van der Waals surface area contributed by atoms with Crippen molar-refractivity contribution in [2.45, 2.75) is 30.5 Å². The van der Waals surface area contributed by atoms with Crippen LogP contribution in [0.1, 0.15) is 18.9 Å². The van der Waals surface area contributed by atoms with Crippen LogP contribution >= 0.6 is 11.8 Å². The number of aromatic nitrogens is 3. The van der Waals surface area contributed by atoms with Gasteiger partial charge in [0, 0.05) is 5.69 Å². The molecule has 0 saturated carbocycles. The molecule has 116 valence electrons. The predicted octanol–water partition coefficient (Wildman–Crippen LogP) is 1.28. The lowest BCUT2D eigenvalue weighted by Gasteiger charge is -2.13. The molecule has 0 fully saturated rings. The number of carbonyl (C=O) groups excluding carboxylic acids is 1. The number of carbonyl (C=O) groups is 1. The van der Waals surface area contributed by atoms with Gasteiger partial charge < -0.3 is 5.32 Å². The maximum Gasteiger partial charge on any atom is 0.342 e. The second-order valence-electron chi connectivity index (χ2n) is 4.69. The van der Waals surface area contributed by atoms with Gasteiger partial charge in [0.15, 0.2) is 5.03 Å². The van der Waals surface area contributed by atoms with Gasteiger partial charge in [0.2, 0.25) is 5.91 Å². The molecule has 1 atom stereocenters. The van der Waals surface area contributed by atoms with Crippen LogP contribution in [0.15, 0.2) is 38.9 Å². The maximum atomic E-state index is 12.3. The van der Waals surface area contributed by atoms with E-state index in [-0.39, 0.29) is 10.9 Å². The second kappa shape index (κ2) is 7.08. The number of rotatable bonds is 5. The van der Waals surface area contributed by atoms with E-state index in [2.05, 4.69) is 20.5 Å². The number of hydrogen-bond donors (Lipinski definition) is 3.